The van der Waals surface area contributed by atoms with Gasteiger partial charge >= 0.3 is 0 Å². The van der Waals surface area contributed by atoms with Crippen LogP contribution in [0.5, 0.6) is 5.75 Å². The van der Waals surface area contributed by atoms with E-state index in [1.54, 1.807) is 0 Å². The van der Waals surface area contributed by atoms with Crippen molar-refractivity contribution in [2.24, 2.45) is 5.92 Å². The van der Waals surface area contributed by atoms with Gasteiger partial charge < -0.3 is 4.74 Å². The zero-order chi connectivity index (χ0) is 12.4. The van der Waals surface area contributed by atoms with Crippen molar-refractivity contribution in [2.45, 2.75) is 25.4 Å². The van der Waals surface area contributed by atoms with Crippen LogP contribution in [0.1, 0.15) is 24.8 Å². The summed E-state index contributed by atoms with van der Waals surface area (Å²) in [4.78, 5) is 0. The van der Waals surface area contributed by atoms with Gasteiger partial charge in [0, 0.05) is 0 Å². The lowest BCUT2D eigenvalue weighted by atomic mass is 9.94. The molecule has 2 unspecified atom stereocenters. The topological polar surface area (TPSA) is 9.23 Å². The van der Waals surface area contributed by atoms with Crippen molar-refractivity contribution in [1.82, 2.24) is 0 Å². The highest BCUT2D eigenvalue weighted by Gasteiger charge is 2.31. The number of allylic oxidation sites excluding steroid dienone is 3. The lowest BCUT2D eigenvalue weighted by Crippen LogP contribution is -2.16. The minimum absolute atomic E-state index is 0.273. The number of ether oxygens (including phenoxy) is 1. The Kier molecular flexibility index (Phi) is 3.06. The first-order valence-corrected chi connectivity index (χ1v) is 6.62. The van der Waals surface area contributed by atoms with Gasteiger partial charge in [0.15, 0.2) is 0 Å². The molecule has 18 heavy (non-hydrogen) atoms. The molecule has 1 fully saturated rings. The number of benzene rings is 1. The summed E-state index contributed by atoms with van der Waals surface area (Å²) in [5, 5.41) is 0. The molecule has 0 aromatic heterocycles. The SMILES string of the molecule is C=Cc1ccc(OC2CCC3CC=CC=C32)cc1. The lowest BCUT2D eigenvalue weighted by molar-refractivity contribution is 0.243. The van der Waals surface area contributed by atoms with Gasteiger partial charge in [0.1, 0.15) is 11.9 Å². The third-order valence-electron chi connectivity index (χ3n) is 3.86. The molecule has 2 aliphatic carbocycles. The summed E-state index contributed by atoms with van der Waals surface area (Å²) in [5.41, 5.74) is 2.61. The predicted molar refractivity (Wildman–Crippen MR) is 75.5 cm³/mol. The third-order valence-corrected chi connectivity index (χ3v) is 3.86. The second-order valence-electron chi connectivity index (χ2n) is 4.98. The molecule has 1 nitrogen and oxygen atoms in total. The Balaban J connectivity index is 1.74. The van der Waals surface area contributed by atoms with Crippen LogP contribution >= 0.6 is 0 Å². The van der Waals surface area contributed by atoms with E-state index in [1.165, 1.54) is 18.4 Å². The zero-order valence-electron chi connectivity index (χ0n) is 10.5. The van der Waals surface area contributed by atoms with Crippen LogP contribution in [0.4, 0.5) is 0 Å². The van der Waals surface area contributed by atoms with Gasteiger partial charge in [-0.15, -0.1) is 0 Å². The van der Waals surface area contributed by atoms with E-state index in [0.717, 1.165) is 17.7 Å². The fourth-order valence-electron chi connectivity index (χ4n) is 2.84. The Hall–Kier alpha value is -1.76. The minimum atomic E-state index is 0.273. The van der Waals surface area contributed by atoms with Gasteiger partial charge in [-0.05, 0) is 48.4 Å². The quantitative estimate of drug-likeness (QED) is 0.759. The largest absolute Gasteiger partial charge is 0.486 e. The Labute approximate surface area is 108 Å². The van der Waals surface area contributed by atoms with Crippen molar-refractivity contribution < 1.29 is 4.74 Å². The molecule has 1 saturated carbocycles. The van der Waals surface area contributed by atoms with Crippen LogP contribution in [0.15, 0.2) is 54.6 Å². The van der Waals surface area contributed by atoms with E-state index < -0.39 is 0 Å². The molecule has 3 rings (SSSR count). The molecule has 0 spiro atoms. The van der Waals surface area contributed by atoms with Gasteiger partial charge in [-0.1, -0.05) is 43.0 Å². The van der Waals surface area contributed by atoms with Gasteiger partial charge in [-0.3, -0.25) is 0 Å². The zero-order valence-corrected chi connectivity index (χ0v) is 10.5. The van der Waals surface area contributed by atoms with Crippen molar-refractivity contribution in [3.8, 4) is 5.75 Å². The summed E-state index contributed by atoms with van der Waals surface area (Å²) in [6, 6.07) is 8.15. The summed E-state index contributed by atoms with van der Waals surface area (Å²) in [6.07, 6.45) is 12.4. The van der Waals surface area contributed by atoms with Crippen molar-refractivity contribution >= 4 is 6.08 Å². The molecule has 1 aromatic carbocycles. The monoisotopic (exact) mass is 238 g/mol. The molecule has 0 radical (unpaired) electrons. The van der Waals surface area contributed by atoms with Gasteiger partial charge in [0.2, 0.25) is 0 Å². The molecule has 0 saturated heterocycles. The normalized spacial score (nSPS) is 25.4. The van der Waals surface area contributed by atoms with Crippen LogP contribution in [0.3, 0.4) is 0 Å². The standard InChI is InChI=1S/C17H18O/c1-2-13-7-10-15(11-8-13)18-17-12-9-14-5-3-4-6-16(14)17/h2-4,6-8,10-11,14,17H,1,5,9,12H2. The van der Waals surface area contributed by atoms with E-state index >= 15 is 0 Å². The maximum atomic E-state index is 6.11. The first-order valence-electron chi connectivity index (χ1n) is 6.62. The van der Waals surface area contributed by atoms with Crippen LogP contribution in [-0.2, 0) is 0 Å². The Bertz CT molecular complexity index is 493. The molecule has 0 heterocycles. The molecule has 1 aromatic rings. The number of fused-ring (bicyclic) bond motifs is 1. The first kappa shape index (κ1) is 11.3. The molecule has 0 bridgehead atoms. The van der Waals surface area contributed by atoms with Crippen molar-refractivity contribution in [3.63, 3.8) is 0 Å². The smallest absolute Gasteiger partial charge is 0.120 e. The van der Waals surface area contributed by atoms with Crippen LogP contribution in [0, 0.1) is 5.92 Å². The average molecular weight is 238 g/mol. The average Bonchev–Trinajstić information content (AvgIpc) is 2.83. The van der Waals surface area contributed by atoms with Gasteiger partial charge in [-0.2, -0.15) is 0 Å². The molecular formula is C17H18O. The fraction of sp³-hybridized carbons (Fsp3) is 0.294. The Morgan fingerprint density at radius 1 is 1.17 bits per heavy atom. The molecule has 1 heteroatoms. The highest BCUT2D eigenvalue weighted by molar-refractivity contribution is 5.48. The molecule has 0 aliphatic heterocycles. The second-order valence-corrected chi connectivity index (χ2v) is 4.98. The van der Waals surface area contributed by atoms with Crippen molar-refractivity contribution in [2.75, 3.05) is 0 Å². The van der Waals surface area contributed by atoms with Gasteiger partial charge in [-0.25, -0.2) is 0 Å². The van der Waals surface area contributed by atoms with E-state index in [1.807, 2.05) is 30.3 Å². The third kappa shape index (κ3) is 2.13. The molecule has 92 valence electrons. The van der Waals surface area contributed by atoms with Crippen molar-refractivity contribution in [1.29, 1.82) is 0 Å². The molecular weight excluding hydrogens is 220 g/mol. The van der Waals surface area contributed by atoms with Gasteiger partial charge in [0.25, 0.3) is 0 Å². The summed E-state index contributed by atoms with van der Waals surface area (Å²) in [5.74, 6) is 1.68. The lowest BCUT2D eigenvalue weighted by Gasteiger charge is -2.19. The highest BCUT2D eigenvalue weighted by Crippen LogP contribution is 2.38. The van der Waals surface area contributed by atoms with Crippen LogP contribution < -0.4 is 4.74 Å². The van der Waals surface area contributed by atoms with E-state index in [0.29, 0.717) is 5.92 Å². The second kappa shape index (κ2) is 4.85. The highest BCUT2D eigenvalue weighted by atomic mass is 16.5. The molecule has 2 aliphatic rings. The maximum absolute atomic E-state index is 6.11. The Morgan fingerprint density at radius 2 is 2.00 bits per heavy atom. The van der Waals surface area contributed by atoms with E-state index in [9.17, 15) is 0 Å². The molecule has 2 atom stereocenters. The maximum Gasteiger partial charge on any atom is 0.120 e. The summed E-state index contributed by atoms with van der Waals surface area (Å²) < 4.78 is 6.11. The summed E-state index contributed by atoms with van der Waals surface area (Å²) in [6.45, 7) is 3.76. The fourth-order valence-corrected chi connectivity index (χ4v) is 2.84. The minimum Gasteiger partial charge on any atom is -0.486 e. The number of rotatable bonds is 3. The van der Waals surface area contributed by atoms with E-state index in [4.69, 9.17) is 4.74 Å². The molecule has 0 N–H and O–H groups in total. The number of hydrogen-bond acceptors (Lipinski definition) is 1. The van der Waals surface area contributed by atoms with E-state index in [2.05, 4.69) is 24.8 Å². The van der Waals surface area contributed by atoms with Crippen LogP contribution in [-0.4, -0.2) is 6.10 Å². The number of hydrogen-bond donors (Lipinski definition) is 0. The van der Waals surface area contributed by atoms with Crippen molar-refractivity contribution in [3.05, 3.63) is 60.2 Å². The van der Waals surface area contributed by atoms with Crippen LogP contribution in [0.25, 0.3) is 6.08 Å². The first-order chi connectivity index (χ1) is 8.86. The summed E-state index contributed by atoms with van der Waals surface area (Å²) in [7, 11) is 0. The summed E-state index contributed by atoms with van der Waals surface area (Å²) >= 11 is 0. The Morgan fingerprint density at radius 3 is 2.78 bits per heavy atom. The van der Waals surface area contributed by atoms with E-state index in [-0.39, 0.29) is 6.10 Å². The molecule has 0 amide bonds. The predicted octanol–water partition coefficient (Wildman–Crippen LogP) is 4.37. The van der Waals surface area contributed by atoms with Gasteiger partial charge in [0.05, 0.1) is 0 Å². The van der Waals surface area contributed by atoms with Crippen LogP contribution in [0.2, 0.25) is 0 Å².